The number of hydrogen-bond donors (Lipinski definition) is 3. The lowest BCUT2D eigenvalue weighted by atomic mass is 10.3. The van der Waals surface area contributed by atoms with E-state index in [1.54, 1.807) is 7.05 Å². The molecule has 9 heteroatoms. The SMILES string of the molecule is CN=C(NCCCn1c(C)nc2ccccc21)NCC(=O)Nc1ccc(F)cc1.I. The second kappa shape index (κ2) is 11.5. The molecule has 7 nitrogen and oxygen atoms in total. The highest BCUT2D eigenvalue weighted by Gasteiger charge is 2.07. The number of guanidine groups is 1. The Morgan fingerprint density at radius 2 is 1.87 bits per heavy atom. The van der Waals surface area contributed by atoms with Gasteiger partial charge in [0.1, 0.15) is 11.6 Å². The van der Waals surface area contributed by atoms with E-state index in [-0.39, 0.29) is 42.2 Å². The number of imidazole rings is 1. The molecule has 3 aromatic rings. The molecule has 1 amide bonds. The van der Waals surface area contributed by atoms with Crippen molar-refractivity contribution in [2.75, 3.05) is 25.5 Å². The lowest BCUT2D eigenvalue weighted by Crippen LogP contribution is -2.41. The summed E-state index contributed by atoms with van der Waals surface area (Å²) in [5, 5.41) is 8.87. The third-order valence-electron chi connectivity index (χ3n) is 4.46. The number of hydrogen-bond acceptors (Lipinski definition) is 3. The van der Waals surface area contributed by atoms with Crippen LogP contribution in [0.4, 0.5) is 10.1 Å². The zero-order valence-corrected chi connectivity index (χ0v) is 19.3. The molecule has 0 atom stereocenters. The number of nitrogens with one attached hydrogen (secondary N) is 3. The highest BCUT2D eigenvalue weighted by atomic mass is 127. The molecule has 30 heavy (non-hydrogen) atoms. The molecule has 0 aliphatic heterocycles. The molecule has 0 saturated carbocycles. The van der Waals surface area contributed by atoms with Gasteiger partial charge in [0.25, 0.3) is 0 Å². The van der Waals surface area contributed by atoms with E-state index in [1.807, 2.05) is 25.1 Å². The number of amides is 1. The molecule has 0 aliphatic rings. The molecule has 0 saturated heterocycles. The molecule has 160 valence electrons. The van der Waals surface area contributed by atoms with Crippen molar-refractivity contribution >= 4 is 52.6 Å². The van der Waals surface area contributed by atoms with Gasteiger partial charge in [-0.1, -0.05) is 12.1 Å². The van der Waals surface area contributed by atoms with Crippen LogP contribution in [0.15, 0.2) is 53.5 Å². The van der Waals surface area contributed by atoms with Crippen molar-refractivity contribution < 1.29 is 9.18 Å². The average molecular weight is 524 g/mol. The van der Waals surface area contributed by atoms with Crippen LogP contribution >= 0.6 is 24.0 Å². The van der Waals surface area contributed by atoms with Crippen LogP contribution in [0.5, 0.6) is 0 Å². The fraction of sp³-hybridized carbons (Fsp3) is 0.286. The number of aliphatic imine (C=N–C) groups is 1. The van der Waals surface area contributed by atoms with Crippen molar-refractivity contribution in [3.05, 3.63) is 60.2 Å². The summed E-state index contributed by atoms with van der Waals surface area (Å²) in [7, 11) is 1.65. The molecular weight excluding hydrogens is 498 g/mol. The number of aryl methyl sites for hydroxylation is 2. The van der Waals surface area contributed by atoms with E-state index in [1.165, 1.54) is 24.3 Å². The molecule has 0 radical (unpaired) electrons. The minimum Gasteiger partial charge on any atom is -0.356 e. The van der Waals surface area contributed by atoms with Crippen LogP contribution in [-0.2, 0) is 11.3 Å². The van der Waals surface area contributed by atoms with Gasteiger partial charge in [-0.2, -0.15) is 0 Å². The molecular formula is C21H26FIN6O. The average Bonchev–Trinajstić information content (AvgIpc) is 3.04. The summed E-state index contributed by atoms with van der Waals surface area (Å²) in [6, 6.07) is 13.7. The first-order valence-electron chi connectivity index (χ1n) is 9.48. The molecule has 3 rings (SSSR count). The Bertz CT molecular complexity index is 1000. The first-order valence-corrected chi connectivity index (χ1v) is 9.48. The Balaban J connectivity index is 0.00000320. The highest BCUT2D eigenvalue weighted by Crippen LogP contribution is 2.15. The van der Waals surface area contributed by atoms with E-state index < -0.39 is 0 Å². The number of rotatable bonds is 7. The maximum absolute atomic E-state index is 12.9. The van der Waals surface area contributed by atoms with Crippen molar-refractivity contribution in [3.63, 3.8) is 0 Å². The quantitative estimate of drug-likeness (QED) is 0.192. The number of para-hydroxylation sites is 2. The van der Waals surface area contributed by atoms with E-state index in [9.17, 15) is 9.18 Å². The van der Waals surface area contributed by atoms with Gasteiger partial charge in [0.15, 0.2) is 5.96 Å². The Labute approximate surface area is 192 Å². The van der Waals surface area contributed by atoms with Gasteiger partial charge in [-0.25, -0.2) is 9.37 Å². The predicted octanol–water partition coefficient (Wildman–Crippen LogP) is 3.30. The number of carbonyl (C=O) groups excluding carboxylic acids is 1. The van der Waals surface area contributed by atoms with Gasteiger partial charge in [0.05, 0.1) is 17.6 Å². The monoisotopic (exact) mass is 524 g/mol. The van der Waals surface area contributed by atoms with Crippen molar-refractivity contribution in [3.8, 4) is 0 Å². The van der Waals surface area contributed by atoms with Gasteiger partial charge < -0.3 is 20.5 Å². The predicted molar refractivity (Wildman–Crippen MR) is 129 cm³/mol. The molecule has 0 bridgehead atoms. The van der Waals surface area contributed by atoms with Crippen molar-refractivity contribution in [1.29, 1.82) is 0 Å². The lowest BCUT2D eigenvalue weighted by Gasteiger charge is -2.13. The summed E-state index contributed by atoms with van der Waals surface area (Å²) in [6.45, 7) is 3.60. The largest absolute Gasteiger partial charge is 0.356 e. The molecule has 0 fully saturated rings. The molecule has 1 aromatic heterocycles. The van der Waals surface area contributed by atoms with Gasteiger partial charge in [-0.05, 0) is 49.7 Å². The van der Waals surface area contributed by atoms with Crippen LogP contribution in [0.3, 0.4) is 0 Å². The van der Waals surface area contributed by atoms with E-state index >= 15 is 0 Å². The van der Waals surface area contributed by atoms with Crippen LogP contribution in [0.2, 0.25) is 0 Å². The first-order chi connectivity index (χ1) is 14.1. The van der Waals surface area contributed by atoms with Gasteiger partial charge in [0.2, 0.25) is 5.91 Å². The summed E-state index contributed by atoms with van der Waals surface area (Å²) in [6.07, 6.45) is 0.879. The lowest BCUT2D eigenvalue weighted by molar-refractivity contribution is -0.115. The topological polar surface area (TPSA) is 83.3 Å². The van der Waals surface area contributed by atoms with Crippen LogP contribution in [0, 0.1) is 12.7 Å². The van der Waals surface area contributed by atoms with Gasteiger partial charge in [-0.3, -0.25) is 9.79 Å². The number of nitrogens with zero attached hydrogens (tertiary/aromatic N) is 3. The van der Waals surface area contributed by atoms with Gasteiger partial charge in [-0.15, -0.1) is 24.0 Å². The number of halogens is 2. The summed E-state index contributed by atoms with van der Waals surface area (Å²) in [5.74, 6) is 0.960. The van der Waals surface area contributed by atoms with Crippen molar-refractivity contribution in [2.24, 2.45) is 4.99 Å². The minimum atomic E-state index is -0.343. The first kappa shape index (κ1) is 23.6. The fourth-order valence-corrected chi connectivity index (χ4v) is 3.05. The molecule has 0 unspecified atom stereocenters. The maximum atomic E-state index is 12.9. The summed E-state index contributed by atoms with van der Waals surface area (Å²) in [4.78, 5) is 20.7. The number of benzene rings is 2. The van der Waals surface area contributed by atoms with Gasteiger partial charge >= 0.3 is 0 Å². The number of anilines is 1. The standard InChI is InChI=1S/C21H25FN6O.HI/c1-15-26-18-6-3-4-7-19(18)28(15)13-5-12-24-21(23-2)25-14-20(29)27-17-10-8-16(22)9-11-17;/h3-4,6-11H,5,12-14H2,1-2H3,(H,27,29)(H2,23,24,25);1H. The molecule has 2 aromatic carbocycles. The molecule has 3 N–H and O–H groups in total. The van der Waals surface area contributed by atoms with Crippen LogP contribution < -0.4 is 16.0 Å². The smallest absolute Gasteiger partial charge is 0.243 e. The summed E-state index contributed by atoms with van der Waals surface area (Å²) < 4.78 is 15.1. The fourth-order valence-electron chi connectivity index (χ4n) is 3.05. The number of aromatic nitrogens is 2. The summed E-state index contributed by atoms with van der Waals surface area (Å²) in [5.41, 5.74) is 2.68. The molecule has 1 heterocycles. The molecule has 0 aliphatic carbocycles. The number of carbonyl (C=O) groups is 1. The highest BCUT2D eigenvalue weighted by molar-refractivity contribution is 14.0. The zero-order valence-electron chi connectivity index (χ0n) is 17.0. The van der Waals surface area contributed by atoms with Crippen molar-refractivity contribution in [1.82, 2.24) is 20.2 Å². The maximum Gasteiger partial charge on any atom is 0.243 e. The van der Waals surface area contributed by atoms with Gasteiger partial charge in [0, 0.05) is 25.8 Å². The number of fused-ring (bicyclic) bond motifs is 1. The second-order valence-corrected chi connectivity index (χ2v) is 6.56. The minimum absolute atomic E-state index is 0. The van der Waals surface area contributed by atoms with E-state index in [0.29, 0.717) is 18.2 Å². The van der Waals surface area contributed by atoms with E-state index in [0.717, 1.165) is 29.8 Å². The second-order valence-electron chi connectivity index (χ2n) is 6.56. The van der Waals surface area contributed by atoms with Crippen LogP contribution in [-0.4, -0.2) is 41.6 Å². The third-order valence-corrected chi connectivity index (χ3v) is 4.46. The Morgan fingerprint density at radius 3 is 2.60 bits per heavy atom. The molecule has 0 spiro atoms. The van der Waals surface area contributed by atoms with Crippen molar-refractivity contribution in [2.45, 2.75) is 19.9 Å². The third kappa shape index (κ3) is 6.41. The zero-order chi connectivity index (χ0) is 20.6. The Morgan fingerprint density at radius 1 is 1.13 bits per heavy atom. The van der Waals surface area contributed by atoms with E-state index in [4.69, 9.17) is 0 Å². The normalized spacial score (nSPS) is 11.1. The Kier molecular flexibility index (Phi) is 9.03. The van der Waals surface area contributed by atoms with Crippen LogP contribution in [0.25, 0.3) is 11.0 Å². The van der Waals surface area contributed by atoms with Crippen LogP contribution in [0.1, 0.15) is 12.2 Å². The summed E-state index contributed by atoms with van der Waals surface area (Å²) >= 11 is 0. The Hall–Kier alpha value is -2.69. The van der Waals surface area contributed by atoms with E-state index in [2.05, 4.69) is 36.6 Å².